The van der Waals surface area contributed by atoms with Gasteiger partial charge in [-0.05, 0) is 49.2 Å². The Morgan fingerprint density at radius 1 is 1.12 bits per heavy atom. The second-order valence-electron chi connectivity index (χ2n) is 8.12. The Kier molecular flexibility index (Phi) is 5.47. The number of fused-ring (bicyclic) bond motifs is 1. The van der Waals surface area contributed by atoms with E-state index in [2.05, 4.69) is 30.4 Å². The normalized spacial score (nSPS) is 16.2. The molecule has 5 rings (SSSR count). The number of amides is 1. The van der Waals surface area contributed by atoms with Crippen LogP contribution in [0.3, 0.4) is 0 Å². The Morgan fingerprint density at radius 2 is 1.94 bits per heavy atom. The molecule has 3 heterocycles. The van der Waals surface area contributed by atoms with Crippen molar-refractivity contribution in [3.63, 3.8) is 0 Å². The molecular weight excluding hydrogens is 440 g/mol. The van der Waals surface area contributed by atoms with Crippen LogP contribution >= 0.6 is 11.6 Å². The first-order valence-corrected chi connectivity index (χ1v) is 11.0. The number of carbonyl (C=O) groups is 1. The van der Waals surface area contributed by atoms with Gasteiger partial charge in [0, 0.05) is 40.8 Å². The van der Waals surface area contributed by atoms with Crippen LogP contribution in [0.25, 0.3) is 22.2 Å². The summed E-state index contributed by atoms with van der Waals surface area (Å²) in [6.45, 7) is 1.34. The number of hydrogen-bond acceptors (Lipinski definition) is 7. The number of H-pyrrole nitrogens is 1. The van der Waals surface area contributed by atoms with Gasteiger partial charge in [0.15, 0.2) is 5.82 Å². The second-order valence-corrected chi connectivity index (χ2v) is 8.56. The summed E-state index contributed by atoms with van der Waals surface area (Å²) < 4.78 is 0. The lowest BCUT2D eigenvalue weighted by Gasteiger charge is -2.33. The largest absolute Gasteiger partial charge is 0.382 e. The fourth-order valence-corrected chi connectivity index (χ4v) is 4.27. The summed E-state index contributed by atoms with van der Waals surface area (Å²) in [5, 5.41) is 11.4. The summed E-state index contributed by atoms with van der Waals surface area (Å²) in [4.78, 5) is 23.8. The SMILES string of the molecule is Nc1nc(-c2ccc3c(N)n[nH]c3c2)cc(N2CCC[C@H](C(=O)Nc3ccc(Cl)cc3)C2)n1. The second kappa shape index (κ2) is 8.59. The summed E-state index contributed by atoms with van der Waals surface area (Å²) in [6.07, 6.45) is 1.68. The van der Waals surface area contributed by atoms with Crippen molar-refractivity contribution in [1.82, 2.24) is 20.2 Å². The quantitative estimate of drug-likeness (QED) is 0.362. The summed E-state index contributed by atoms with van der Waals surface area (Å²) in [7, 11) is 0. The number of benzene rings is 2. The van der Waals surface area contributed by atoms with Gasteiger partial charge in [0.2, 0.25) is 11.9 Å². The first kappa shape index (κ1) is 21.0. The highest BCUT2D eigenvalue weighted by Gasteiger charge is 2.27. The number of hydrogen-bond donors (Lipinski definition) is 4. The van der Waals surface area contributed by atoms with Gasteiger partial charge in [0.25, 0.3) is 0 Å². The molecule has 9 nitrogen and oxygen atoms in total. The van der Waals surface area contributed by atoms with Gasteiger partial charge >= 0.3 is 0 Å². The molecule has 1 aliphatic rings. The first-order chi connectivity index (χ1) is 16.0. The average molecular weight is 463 g/mol. The maximum absolute atomic E-state index is 12.9. The van der Waals surface area contributed by atoms with Crippen molar-refractivity contribution in [1.29, 1.82) is 0 Å². The van der Waals surface area contributed by atoms with Crippen LogP contribution in [0.4, 0.5) is 23.3 Å². The highest BCUT2D eigenvalue weighted by Crippen LogP contribution is 2.29. The van der Waals surface area contributed by atoms with E-state index in [0.717, 1.165) is 41.5 Å². The van der Waals surface area contributed by atoms with Crippen LogP contribution in [0.2, 0.25) is 5.02 Å². The van der Waals surface area contributed by atoms with Crippen LogP contribution in [0.15, 0.2) is 48.5 Å². The molecule has 0 bridgehead atoms. The smallest absolute Gasteiger partial charge is 0.229 e. The number of aromatic nitrogens is 4. The molecule has 33 heavy (non-hydrogen) atoms. The van der Waals surface area contributed by atoms with Crippen LogP contribution in [0.1, 0.15) is 12.8 Å². The number of nitrogens with zero attached hydrogens (tertiary/aromatic N) is 4. The third-order valence-electron chi connectivity index (χ3n) is 5.85. The highest BCUT2D eigenvalue weighted by molar-refractivity contribution is 6.30. The van der Waals surface area contributed by atoms with E-state index in [1.165, 1.54) is 0 Å². The lowest BCUT2D eigenvalue weighted by Crippen LogP contribution is -2.41. The molecule has 6 N–H and O–H groups in total. The third kappa shape index (κ3) is 4.40. The number of anilines is 4. The van der Waals surface area contributed by atoms with E-state index in [-0.39, 0.29) is 17.8 Å². The Balaban J connectivity index is 1.36. The Bertz CT molecular complexity index is 1320. The number of aromatic amines is 1. The monoisotopic (exact) mass is 462 g/mol. The first-order valence-electron chi connectivity index (χ1n) is 10.7. The molecule has 1 atom stereocenters. The van der Waals surface area contributed by atoms with Crippen LogP contribution in [0.5, 0.6) is 0 Å². The van der Waals surface area contributed by atoms with Gasteiger partial charge in [-0.2, -0.15) is 10.1 Å². The zero-order chi connectivity index (χ0) is 22.9. The van der Waals surface area contributed by atoms with Crippen molar-refractivity contribution in [3.05, 3.63) is 53.6 Å². The molecule has 1 aliphatic heterocycles. The molecule has 0 radical (unpaired) electrons. The van der Waals surface area contributed by atoms with Crippen molar-refractivity contribution in [2.24, 2.45) is 5.92 Å². The molecular formula is C23H23ClN8O. The van der Waals surface area contributed by atoms with Crippen LogP contribution in [-0.4, -0.2) is 39.2 Å². The van der Waals surface area contributed by atoms with Gasteiger partial charge in [-0.1, -0.05) is 17.7 Å². The van der Waals surface area contributed by atoms with Gasteiger partial charge in [-0.25, -0.2) is 4.98 Å². The minimum atomic E-state index is -0.168. The lowest BCUT2D eigenvalue weighted by molar-refractivity contribution is -0.120. The van der Waals surface area contributed by atoms with Crippen LogP contribution in [0, 0.1) is 5.92 Å². The van der Waals surface area contributed by atoms with E-state index >= 15 is 0 Å². The molecule has 2 aromatic carbocycles. The zero-order valence-corrected chi connectivity index (χ0v) is 18.5. The van der Waals surface area contributed by atoms with E-state index in [4.69, 9.17) is 23.1 Å². The van der Waals surface area contributed by atoms with Crippen LogP contribution < -0.4 is 21.7 Å². The highest BCUT2D eigenvalue weighted by atomic mass is 35.5. The predicted molar refractivity (Wildman–Crippen MR) is 131 cm³/mol. The molecule has 1 fully saturated rings. The fourth-order valence-electron chi connectivity index (χ4n) is 4.14. The number of nitrogens with one attached hydrogen (secondary N) is 2. The van der Waals surface area contributed by atoms with Crippen molar-refractivity contribution in [2.45, 2.75) is 12.8 Å². The van der Waals surface area contributed by atoms with Crippen molar-refractivity contribution >= 4 is 51.7 Å². The molecule has 0 aliphatic carbocycles. The molecule has 0 saturated carbocycles. The molecule has 2 aromatic heterocycles. The van der Waals surface area contributed by atoms with E-state index in [9.17, 15) is 4.79 Å². The number of nitrogens with two attached hydrogens (primary N) is 2. The summed E-state index contributed by atoms with van der Waals surface area (Å²) >= 11 is 5.93. The average Bonchev–Trinajstić information content (AvgIpc) is 3.20. The molecule has 1 amide bonds. The summed E-state index contributed by atoms with van der Waals surface area (Å²) in [6, 6.07) is 14.8. The number of nitrogen functional groups attached to an aromatic ring is 2. The summed E-state index contributed by atoms with van der Waals surface area (Å²) in [5.41, 5.74) is 15.0. The third-order valence-corrected chi connectivity index (χ3v) is 6.10. The van der Waals surface area contributed by atoms with Gasteiger partial charge in [-0.3, -0.25) is 9.89 Å². The Hall–Kier alpha value is -3.85. The van der Waals surface area contributed by atoms with Crippen molar-refractivity contribution in [2.75, 3.05) is 34.8 Å². The van der Waals surface area contributed by atoms with Crippen molar-refractivity contribution in [3.8, 4) is 11.3 Å². The number of carbonyl (C=O) groups excluding carboxylic acids is 1. The maximum Gasteiger partial charge on any atom is 0.229 e. The molecule has 0 unspecified atom stereocenters. The van der Waals surface area contributed by atoms with Crippen LogP contribution in [-0.2, 0) is 4.79 Å². The van der Waals surface area contributed by atoms with E-state index in [1.54, 1.807) is 24.3 Å². The molecule has 1 saturated heterocycles. The lowest BCUT2D eigenvalue weighted by atomic mass is 9.97. The molecule has 168 valence electrons. The predicted octanol–water partition coefficient (Wildman–Crippen LogP) is 3.69. The number of rotatable bonds is 4. The topological polar surface area (TPSA) is 139 Å². The Labute approximate surface area is 195 Å². The van der Waals surface area contributed by atoms with Gasteiger partial charge in [-0.15, -0.1) is 0 Å². The number of halogens is 1. The minimum Gasteiger partial charge on any atom is -0.382 e. The number of piperidine rings is 1. The van der Waals surface area contributed by atoms with E-state index in [1.807, 2.05) is 24.3 Å². The zero-order valence-electron chi connectivity index (χ0n) is 17.8. The molecule has 10 heteroatoms. The molecule has 4 aromatic rings. The van der Waals surface area contributed by atoms with E-state index in [0.29, 0.717) is 28.9 Å². The summed E-state index contributed by atoms with van der Waals surface area (Å²) in [5.74, 6) is 1.14. The van der Waals surface area contributed by atoms with Gasteiger partial charge < -0.3 is 21.7 Å². The van der Waals surface area contributed by atoms with Crippen molar-refractivity contribution < 1.29 is 4.79 Å². The van der Waals surface area contributed by atoms with Gasteiger partial charge in [0.1, 0.15) is 5.82 Å². The fraction of sp³-hybridized carbons (Fsp3) is 0.217. The van der Waals surface area contributed by atoms with E-state index < -0.39 is 0 Å². The van der Waals surface area contributed by atoms with Gasteiger partial charge in [0.05, 0.1) is 17.1 Å². The minimum absolute atomic E-state index is 0.0217. The maximum atomic E-state index is 12.9. The standard InChI is InChI=1S/C23H23ClN8O/c24-15-4-6-16(7-5-15)27-22(33)14-2-1-9-32(12-14)20-11-18(28-23(26)29-20)13-3-8-17-19(10-13)30-31-21(17)25/h3-8,10-11,14H,1-2,9,12H2,(H,27,33)(H3,25,30,31)(H2,26,28,29)/t14-/m0/s1. The Morgan fingerprint density at radius 3 is 2.76 bits per heavy atom. The molecule has 0 spiro atoms.